The maximum atomic E-state index is 12.5. The average molecular weight is 352 g/mol. The highest BCUT2D eigenvalue weighted by Crippen LogP contribution is 2.33. The van der Waals surface area contributed by atoms with Crippen LogP contribution in [0.1, 0.15) is 68.3 Å². The van der Waals surface area contributed by atoms with Crippen LogP contribution in [0.25, 0.3) is 0 Å². The van der Waals surface area contributed by atoms with Crippen molar-refractivity contribution in [2.24, 2.45) is 5.92 Å². The second-order valence-corrected chi connectivity index (χ2v) is 7.39. The lowest BCUT2D eigenvalue weighted by Gasteiger charge is -2.39. The van der Waals surface area contributed by atoms with E-state index >= 15 is 0 Å². The van der Waals surface area contributed by atoms with Gasteiger partial charge in [0.1, 0.15) is 0 Å². The lowest BCUT2D eigenvalue weighted by atomic mass is 9.78. The Morgan fingerprint density at radius 2 is 1.86 bits per heavy atom. The molecule has 1 fully saturated rings. The van der Waals surface area contributed by atoms with Crippen LogP contribution in [0.15, 0.2) is 24.3 Å². The van der Waals surface area contributed by atoms with E-state index in [1.54, 1.807) is 0 Å². The van der Waals surface area contributed by atoms with Gasteiger partial charge in [0.15, 0.2) is 0 Å². The van der Waals surface area contributed by atoms with Gasteiger partial charge < -0.3 is 5.32 Å². The highest BCUT2D eigenvalue weighted by atomic mass is 79.9. The molecule has 1 aliphatic carbocycles. The summed E-state index contributed by atoms with van der Waals surface area (Å²) < 4.78 is 0. The molecule has 0 atom stereocenters. The number of hydrogen-bond acceptors (Lipinski definition) is 1. The molecule has 21 heavy (non-hydrogen) atoms. The first kappa shape index (κ1) is 16.5. The molecular weight excluding hydrogens is 326 g/mol. The Morgan fingerprint density at radius 3 is 2.33 bits per heavy atom. The molecule has 0 radical (unpaired) electrons. The van der Waals surface area contributed by atoms with E-state index in [1.165, 1.54) is 18.4 Å². The Morgan fingerprint density at radius 1 is 1.29 bits per heavy atom. The van der Waals surface area contributed by atoms with Crippen molar-refractivity contribution in [2.75, 3.05) is 5.33 Å². The molecule has 0 spiro atoms. The zero-order chi connectivity index (χ0) is 15.5. The summed E-state index contributed by atoms with van der Waals surface area (Å²) in [5, 5.41) is 4.12. The quantitative estimate of drug-likeness (QED) is 0.769. The van der Waals surface area contributed by atoms with Crippen LogP contribution >= 0.6 is 15.9 Å². The van der Waals surface area contributed by atoms with Crippen LogP contribution in [-0.4, -0.2) is 16.8 Å². The Bertz CT molecular complexity index is 472. The van der Waals surface area contributed by atoms with Crippen molar-refractivity contribution in [1.29, 1.82) is 0 Å². The zero-order valence-electron chi connectivity index (χ0n) is 13.3. The fourth-order valence-corrected chi connectivity index (χ4v) is 3.64. The predicted octanol–water partition coefficient (Wildman–Crippen LogP) is 4.88. The number of carbonyl (C=O) groups excluding carboxylic acids is 1. The second-order valence-electron chi connectivity index (χ2n) is 6.83. The smallest absolute Gasteiger partial charge is 0.251 e. The molecule has 2 nitrogen and oxygen atoms in total. The molecule has 0 bridgehead atoms. The number of rotatable bonds is 4. The molecule has 0 saturated heterocycles. The molecule has 0 heterocycles. The van der Waals surface area contributed by atoms with Crippen molar-refractivity contribution >= 4 is 21.8 Å². The van der Waals surface area contributed by atoms with Crippen molar-refractivity contribution in [3.63, 3.8) is 0 Å². The molecule has 2 rings (SSSR count). The number of halogens is 1. The summed E-state index contributed by atoms with van der Waals surface area (Å²) in [6, 6.07) is 8.00. The summed E-state index contributed by atoms with van der Waals surface area (Å²) in [6.07, 6.45) is 4.51. The molecule has 1 N–H and O–H groups in total. The molecule has 1 amide bonds. The topological polar surface area (TPSA) is 29.1 Å². The molecule has 1 aliphatic rings. The van der Waals surface area contributed by atoms with Gasteiger partial charge in [0.05, 0.1) is 5.54 Å². The summed E-state index contributed by atoms with van der Waals surface area (Å²) in [6.45, 7) is 6.63. The SMILES string of the molecule is CC1CCC(CBr)(NC(=O)c2ccc(C(C)C)cc2)CC1. The third-order valence-electron chi connectivity index (χ3n) is 4.71. The molecule has 1 saturated carbocycles. The van der Waals surface area contributed by atoms with Gasteiger partial charge in [-0.1, -0.05) is 48.8 Å². The predicted molar refractivity (Wildman–Crippen MR) is 92.2 cm³/mol. The molecule has 0 aliphatic heterocycles. The van der Waals surface area contributed by atoms with Crippen molar-refractivity contribution < 1.29 is 4.79 Å². The van der Waals surface area contributed by atoms with Gasteiger partial charge >= 0.3 is 0 Å². The summed E-state index contributed by atoms with van der Waals surface area (Å²) in [7, 11) is 0. The van der Waals surface area contributed by atoms with Crippen LogP contribution in [0.5, 0.6) is 0 Å². The van der Waals surface area contributed by atoms with Crippen LogP contribution < -0.4 is 5.32 Å². The van der Waals surface area contributed by atoms with Crippen LogP contribution in [0, 0.1) is 5.92 Å². The van der Waals surface area contributed by atoms with Gasteiger partial charge in [-0.25, -0.2) is 0 Å². The normalized spacial score (nSPS) is 25.9. The van der Waals surface area contributed by atoms with E-state index in [1.807, 2.05) is 12.1 Å². The van der Waals surface area contributed by atoms with Crippen molar-refractivity contribution in [1.82, 2.24) is 5.32 Å². The monoisotopic (exact) mass is 351 g/mol. The molecule has 0 aromatic heterocycles. The Kier molecular flexibility index (Phi) is 5.48. The van der Waals surface area contributed by atoms with Crippen LogP contribution in [0.3, 0.4) is 0 Å². The van der Waals surface area contributed by atoms with E-state index in [4.69, 9.17) is 0 Å². The highest BCUT2D eigenvalue weighted by molar-refractivity contribution is 9.09. The van der Waals surface area contributed by atoms with Crippen molar-refractivity contribution in [2.45, 2.75) is 57.9 Å². The lowest BCUT2D eigenvalue weighted by molar-refractivity contribution is 0.0874. The van der Waals surface area contributed by atoms with Gasteiger partial charge in [0.2, 0.25) is 0 Å². The standard InChI is InChI=1S/C18H26BrNO/c1-13(2)15-4-6-16(7-5-15)17(21)20-18(12-19)10-8-14(3)9-11-18/h4-7,13-14H,8-12H2,1-3H3,(H,20,21). The molecule has 1 aromatic rings. The van der Waals surface area contributed by atoms with Crippen LogP contribution in [0.2, 0.25) is 0 Å². The van der Waals surface area contributed by atoms with E-state index in [-0.39, 0.29) is 11.4 Å². The third-order valence-corrected chi connectivity index (χ3v) is 5.78. The molecule has 116 valence electrons. The minimum atomic E-state index is -0.0691. The number of hydrogen-bond donors (Lipinski definition) is 1. The van der Waals surface area contributed by atoms with Crippen molar-refractivity contribution in [3.05, 3.63) is 35.4 Å². The summed E-state index contributed by atoms with van der Waals surface area (Å²) in [5.41, 5.74) is 1.96. The number of alkyl halides is 1. The number of nitrogens with one attached hydrogen (secondary N) is 1. The lowest BCUT2D eigenvalue weighted by Crippen LogP contribution is -2.52. The van der Waals surface area contributed by atoms with Crippen LogP contribution in [0.4, 0.5) is 0 Å². The minimum absolute atomic E-state index is 0.0549. The maximum absolute atomic E-state index is 12.5. The highest BCUT2D eigenvalue weighted by Gasteiger charge is 2.34. The van der Waals surface area contributed by atoms with E-state index < -0.39 is 0 Å². The van der Waals surface area contributed by atoms with Gasteiger partial charge in [-0.3, -0.25) is 4.79 Å². The minimum Gasteiger partial charge on any atom is -0.346 e. The molecule has 1 aromatic carbocycles. The maximum Gasteiger partial charge on any atom is 0.251 e. The first-order valence-corrected chi connectivity index (χ1v) is 9.06. The first-order valence-electron chi connectivity index (χ1n) is 7.94. The van der Waals surface area contributed by atoms with Gasteiger partial charge in [-0.15, -0.1) is 0 Å². The summed E-state index contributed by atoms with van der Waals surface area (Å²) >= 11 is 3.61. The van der Waals surface area contributed by atoms with E-state index in [9.17, 15) is 4.79 Å². The summed E-state index contributed by atoms with van der Waals surface area (Å²) in [4.78, 5) is 12.5. The van der Waals surface area contributed by atoms with Crippen molar-refractivity contribution in [3.8, 4) is 0 Å². The Balaban J connectivity index is 2.05. The van der Waals surface area contributed by atoms with E-state index in [2.05, 4.69) is 54.2 Å². The fraction of sp³-hybridized carbons (Fsp3) is 0.611. The molecule has 3 heteroatoms. The van der Waals surface area contributed by atoms with Gasteiger partial charge in [0.25, 0.3) is 5.91 Å². The first-order chi connectivity index (χ1) is 9.96. The van der Waals surface area contributed by atoms with Crippen LogP contribution in [-0.2, 0) is 0 Å². The Labute approximate surface area is 136 Å². The second kappa shape index (κ2) is 6.95. The zero-order valence-corrected chi connectivity index (χ0v) is 14.9. The molecular formula is C18H26BrNO. The number of benzene rings is 1. The van der Waals surface area contributed by atoms with E-state index in [0.29, 0.717) is 5.92 Å². The fourth-order valence-electron chi connectivity index (χ4n) is 2.94. The van der Waals surface area contributed by atoms with E-state index in [0.717, 1.165) is 29.7 Å². The Hall–Kier alpha value is -0.830. The van der Waals surface area contributed by atoms with Gasteiger partial charge in [-0.2, -0.15) is 0 Å². The van der Waals surface area contributed by atoms with Gasteiger partial charge in [0, 0.05) is 10.9 Å². The molecule has 0 unspecified atom stereocenters. The average Bonchev–Trinajstić information content (AvgIpc) is 2.50. The number of carbonyl (C=O) groups is 1. The largest absolute Gasteiger partial charge is 0.346 e. The third kappa shape index (κ3) is 4.09. The summed E-state index contributed by atoms with van der Waals surface area (Å²) in [5.74, 6) is 1.33. The number of amides is 1. The van der Waals surface area contributed by atoms with Gasteiger partial charge in [-0.05, 0) is 55.2 Å².